The van der Waals surface area contributed by atoms with Gasteiger partial charge in [-0.15, -0.1) is 4.99 Å². The van der Waals surface area contributed by atoms with Gasteiger partial charge in [0.25, 0.3) is 0 Å². The predicted octanol–water partition coefficient (Wildman–Crippen LogP) is 3.81. The highest BCUT2D eigenvalue weighted by Gasteiger charge is 2.32. The normalized spacial score (nSPS) is 17.3. The molecular weight excluding hydrogens is 459 g/mol. The van der Waals surface area contributed by atoms with Gasteiger partial charge < -0.3 is 19.4 Å². The van der Waals surface area contributed by atoms with Gasteiger partial charge in [-0.25, -0.2) is 14.6 Å². The van der Waals surface area contributed by atoms with E-state index in [0.717, 1.165) is 23.7 Å². The summed E-state index contributed by atoms with van der Waals surface area (Å²) in [6.45, 7) is 11.0. The smallest absolute Gasteiger partial charge is 0.437 e. The summed E-state index contributed by atoms with van der Waals surface area (Å²) in [5.41, 5.74) is 0.823. The van der Waals surface area contributed by atoms with Crippen molar-refractivity contribution >= 4 is 48.3 Å². The number of fused-ring (bicyclic) bond motifs is 1. The van der Waals surface area contributed by atoms with Crippen LogP contribution in [-0.2, 0) is 9.47 Å². The fraction of sp³-hybridized carbons (Fsp3) is 0.480. The van der Waals surface area contributed by atoms with E-state index in [1.54, 1.807) is 46.4 Å². The summed E-state index contributed by atoms with van der Waals surface area (Å²) in [6.07, 6.45) is 1.83. The second kappa shape index (κ2) is 10.6. The second-order valence-electron chi connectivity index (χ2n) is 10.8. The Morgan fingerprint density at radius 2 is 1.81 bits per heavy atom. The number of guanidine groups is 1. The van der Waals surface area contributed by atoms with Gasteiger partial charge in [-0.05, 0) is 77.5 Å². The second-order valence-corrected chi connectivity index (χ2v) is 10.8. The number of benzene rings is 1. The SMILES string of the molecule is B/C(=N\C(=N)c1ccc2cc[nH]c2c1)[C@@H]1CCCN1/C(=N\C(=O)OC(C)(C)C)NC(=O)OC(C)(C)C. The number of aromatic amines is 1. The first-order chi connectivity index (χ1) is 16.7. The van der Waals surface area contributed by atoms with Gasteiger partial charge in [0.15, 0.2) is 13.7 Å². The number of nitrogens with zero attached hydrogens (tertiary/aromatic N) is 3. The number of aromatic nitrogens is 1. The van der Waals surface area contributed by atoms with Crippen molar-refractivity contribution in [3.05, 3.63) is 36.0 Å². The molecule has 36 heavy (non-hydrogen) atoms. The predicted molar refractivity (Wildman–Crippen MR) is 144 cm³/mol. The highest BCUT2D eigenvalue weighted by molar-refractivity contribution is 6.62. The summed E-state index contributed by atoms with van der Waals surface area (Å²) < 4.78 is 10.7. The fourth-order valence-corrected chi connectivity index (χ4v) is 3.90. The molecule has 1 aromatic carbocycles. The Bertz CT molecular complexity index is 1210. The highest BCUT2D eigenvalue weighted by Crippen LogP contribution is 2.21. The third-order valence-corrected chi connectivity index (χ3v) is 5.33. The molecule has 11 heteroatoms. The Morgan fingerprint density at radius 3 is 2.47 bits per heavy atom. The van der Waals surface area contributed by atoms with Crippen LogP contribution in [0.25, 0.3) is 10.9 Å². The molecule has 0 unspecified atom stereocenters. The topological polar surface area (TPSA) is 132 Å². The summed E-state index contributed by atoms with van der Waals surface area (Å²) in [4.78, 5) is 38.7. The molecule has 1 aromatic heterocycles. The molecule has 10 nitrogen and oxygen atoms in total. The van der Waals surface area contributed by atoms with E-state index in [-0.39, 0.29) is 17.8 Å². The zero-order chi connectivity index (χ0) is 26.7. The molecule has 2 heterocycles. The first-order valence-electron chi connectivity index (χ1n) is 12.0. The van der Waals surface area contributed by atoms with Crippen molar-refractivity contribution in [2.45, 2.75) is 71.6 Å². The number of amidine groups is 1. The minimum Gasteiger partial charge on any atom is -0.444 e. The average molecular weight is 494 g/mol. The van der Waals surface area contributed by atoms with E-state index >= 15 is 0 Å². The minimum absolute atomic E-state index is 0.0369. The summed E-state index contributed by atoms with van der Waals surface area (Å²) in [5, 5.41) is 12.2. The van der Waals surface area contributed by atoms with Crippen LogP contribution in [0.2, 0.25) is 0 Å². The molecule has 192 valence electrons. The number of aliphatic imine (C=N–C) groups is 2. The van der Waals surface area contributed by atoms with E-state index in [1.165, 1.54) is 0 Å². The van der Waals surface area contributed by atoms with Crippen LogP contribution in [0.3, 0.4) is 0 Å². The number of ether oxygens (including phenoxy) is 2. The number of nitrogens with one attached hydrogen (secondary N) is 3. The molecule has 2 amide bonds. The van der Waals surface area contributed by atoms with Crippen molar-refractivity contribution in [2.75, 3.05) is 6.54 Å². The first kappa shape index (κ1) is 27.0. The largest absolute Gasteiger partial charge is 0.444 e. The lowest BCUT2D eigenvalue weighted by atomic mass is 9.91. The standard InChI is InChI=1S/C25H35BN6O4/c1-24(2,3)35-22(33)30-21(31-23(34)36-25(4,5)6)32-13-7-8-18(32)19(26)29-20(27)16-10-9-15-11-12-28-17(15)14-16/h9-12,14,18,27-28H,7-8,13,26H2,1-6H3,(H,30,31,33,34)/b27-20?,29-19-/t18-/m0/s1. The Kier molecular flexibility index (Phi) is 7.91. The van der Waals surface area contributed by atoms with Crippen LogP contribution < -0.4 is 5.32 Å². The van der Waals surface area contributed by atoms with E-state index in [0.29, 0.717) is 17.7 Å². The van der Waals surface area contributed by atoms with Crippen LogP contribution in [0.4, 0.5) is 9.59 Å². The van der Waals surface area contributed by atoms with E-state index in [2.05, 4.69) is 20.3 Å². The van der Waals surface area contributed by atoms with Gasteiger partial charge in [-0.1, -0.05) is 12.1 Å². The maximum Gasteiger partial charge on any atom is 0.437 e. The van der Waals surface area contributed by atoms with Gasteiger partial charge in [0.05, 0.1) is 6.04 Å². The summed E-state index contributed by atoms with van der Waals surface area (Å²) in [7, 11) is 1.84. The molecule has 0 saturated carbocycles. The number of H-pyrrole nitrogens is 1. The van der Waals surface area contributed by atoms with E-state index in [4.69, 9.17) is 14.9 Å². The Labute approximate surface area is 212 Å². The van der Waals surface area contributed by atoms with Crippen molar-refractivity contribution in [1.82, 2.24) is 15.2 Å². The van der Waals surface area contributed by atoms with E-state index < -0.39 is 23.4 Å². The lowest BCUT2D eigenvalue weighted by molar-refractivity contribution is 0.0555. The monoisotopic (exact) mass is 494 g/mol. The molecule has 0 bridgehead atoms. The van der Waals surface area contributed by atoms with Crippen molar-refractivity contribution < 1.29 is 19.1 Å². The van der Waals surface area contributed by atoms with Crippen LogP contribution in [0.1, 0.15) is 59.9 Å². The third-order valence-electron chi connectivity index (χ3n) is 5.33. The van der Waals surface area contributed by atoms with Gasteiger partial charge in [-0.3, -0.25) is 10.7 Å². The minimum atomic E-state index is -0.819. The van der Waals surface area contributed by atoms with E-state index in [1.807, 2.05) is 38.3 Å². The Balaban J connectivity index is 1.86. The number of hydrogen-bond acceptors (Lipinski definition) is 5. The van der Waals surface area contributed by atoms with Gasteiger partial charge in [-0.2, -0.15) is 0 Å². The molecule has 2 aromatic rings. The lowest BCUT2D eigenvalue weighted by Gasteiger charge is -2.29. The Hall–Kier alpha value is -3.63. The third kappa shape index (κ3) is 7.43. The first-order valence-corrected chi connectivity index (χ1v) is 12.0. The Morgan fingerprint density at radius 1 is 1.11 bits per heavy atom. The molecule has 1 saturated heterocycles. The number of likely N-dealkylation sites (tertiary alicyclic amines) is 1. The summed E-state index contributed by atoms with van der Waals surface area (Å²) in [6, 6.07) is 7.40. The van der Waals surface area contributed by atoms with Crippen molar-refractivity contribution in [1.29, 1.82) is 5.41 Å². The highest BCUT2D eigenvalue weighted by atomic mass is 16.6. The zero-order valence-corrected chi connectivity index (χ0v) is 22.1. The van der Waals surface area contributed by atoms with Gasteiger partial charge >= 0.3 is 12.2 Å². The van der Waals surface area contributed by atoms with Gasteiger partial charge in [0, 0.05) is 23.8 Å². The average Bonchev–Trinajstić information content (AvgIpc) is 3.39. The van der Waals surface area contributed by atoms with Crippen LogP contribution >= 0.6 is 0 Å². The molecule has 0 radical (unpaired) electrons. The summed E-state index contributed by atoms with van der Waals surface area (Å²) >= 11 is 0. The van der Waals surface area contributed by atoms with Crippen molar-refractivity contribution in [3.63, 3.8) is 0 Å². The molecule has 1 aliphatic heterocycles. The summed E-state index contributed by atoms with van der Waals surface area (Å²) in [5.74, 6) is 0.163. The number of rotatable bonds is 2. The maximum atomic E-state index is 12.6. The quantitative estimate of drug-likeness (QED) is 0.332. The maximum absolute atomic E-state index is 12.6. The number of carbonyl (C=O) groups is 2. The van der Waals surface area contributed by atoms with Crippen molar-refractivity contribution in [3.8, 4) is 0 Å². The molecule has 0 spiro atoms. The van der Waals surface area contributed by atoms with Crippen molar-refractivity contribution in [2.24, 2.45) is 9.98 Å². The molecule has 1 fully saturated rings. The lowest BCUT2D eigenvalue weighted by Crippen LogP contribution is -2.50. The van der Waals surface area contributed by atoms with Crippen LogP contribution in [-0.4, -0.2) is 71.1 Å². The van der Waals surface area contributed by atoms with Gasteiger partial charge in [0.1, 0.15) is 11.2 Å². The zero-order valence-electron chi connectivity index (χ0n) is 22.1. The molecule has 0 aliphatic carbocycles. The number of carbonyl (C=O) groups excluding carboxylic acids is 2. The van der Waals surface area contributed by atoms with Gasteiger partial charge in [0.2, 0.25) is 5.96 Å². The molecule has 1 atom stereocenters. The molecule has 3 N–H and O–H groups in total. The van der Waals surface area contributed by atoms with E-state index in [9.17, 15) is 9.59 Å². The number of amides is 2. The van der Waals surface area contributed by atoms with Crippen LogP contribution in [0, 0.1) is 5.41 Å². The fourth-order valence-electron chi connectivity index (χ4n) is 3.90. The molecular formula is C25H35BN6O4. The number of hydrogen-bond donors (Lipinski definition) is 3. The van der Waals surface area contributed by atoms with Crippen LogP contribution in [0.15, 0.2) is 40.4 Å². The molecule has 3 rings (SSSR count). The molecule has 1 aliphatic rings. The number of alkyl carbamates (subject to hydrolysis) is 1. The van der Waals surface area contributed by atoms with Crippen LogP contribution in [0.5, 0.6) is 0 Å².